The van der Waals surface area contributed by atoms with Crippen molar-refractivity contribution in [1.82, 2.24) is 10.2 Å². The summed E-state index contributed by atoms with van der Waals surface area (Å²) in [6.45, 7) is 9.36. The second kappa shape index (κ2) is 6.99. The van der Waals surface area contributed by atoms with Gasteiger partial charge in [0.15, 0.2) is 0 Å². The highest BCUT2D eigenvalue weighted by Gasteiger charge is 2.35. The topological polar surface area (TPSA) is 50.8 Å². The SMILES string of the molecule is Cc1ccc(C)c([C@@H]2CN(C(=O)[C@@H]3CNCCO3)[C@H](C)CO2)c1. The summed E-state index contributed by atoms with van der Waals surface area (Å²) in [5.74, 6) is 0.0725. The fraction of sp³-hybridized carbons (Fsp3) is 0.611. The molecule has 23 heavy (non-hydrogen) atoms. The van der Waals surface area contributed by atoms with Crippen LogP contribution in [0, 0.1) is 13.8 Å². The molecule has 2 aliphatic heterocycles. The highest BCUT2D eigenvalue weighted by molar-refractivity contribution is 5.81. The number of rotatable bonds is 2. The Balaban J connectivity index is 1.76. The van der Waals surface area contributed by atoms with Crippen LogP contribution in [0.25, 0.3) is 0 Å². The second-order valence-corrected chi connectivity index (χ2v) is 6.59. The summed E-state index contributed by atoms with van der Waals surface area (Å²) in [7, 11) is 0. The van der Waals surface area contributed by atoms with Gasteiger partial charge in [-0.05, 0) is 31.9 Å². The van der Waals surface area contributed by atoms with Crippen LogP contribution >= 0.6 is 0 Å². The van der Waals surface area contributed by atoms with E-state index in [1.807, 2.05) is 11.8 Å². The number of nitrogens with one attached hydrogen (secondary N) is 1. The second-order valence-electron chi connectivity index (χ2n) is 6.59. The summed E-state index contributed by atoms with van der Waals surface area (Å²) in [6.07, 6.45) is -0.435. The molecule has 0 saturated carbocycles. The average molecular weight is 318 g/mol. The predicted molar refractivity (Wildman–Crippen MR) is 88.4 cm³/mol. The van der Waals surface area contributed by atoms with Crippen molar-refractivity contribution in [3.8, 4) is 0 Å². The first-order valence-electron chi connectivity index (χ1n) is 8.38. The van der Waals surface area contributed by atoms with Crippen molar-refractivity contribution in [2.75, 3.05) is 32.8 Å². The summed E-state index contributed by atoms with van der Waals surface area (Å²) in [5.41, 5.74) is 3.60. The summed E-state index contributed by atoms with van der Waals surface area (Å²) >= 11 is 0. The van der Waals surface area contributed by atoms with Crippen LogP contribution in [0.2, 0.25) is 0 Å². The largest absolute Gasteiger partial charge is 0.370 e. The maximum atomic E-state index is 12.8. The molecule has 5 heteroatoms. The number of ether oxygens (including phenoxy) is 2. The van der Waals surface area contributed by atoms with Crippen molar-refractivity contribution in [2.45, 2.75) is 39.0 Å². The third-order valence-electron chi connectivity index (χ3n) is 4.70. The van der Waals surface area contributed by atoms with Gasteiger partial charge < -0.3 is 19.7 Å². The zero-order valence-corrected chi connectivity index (χ0v) is 14.2. The monoisotopic (exact) mass is 318 g/mol. The molecule has 0 aromatic heterocycles. The lowest BCUT2D eigenvalue weighted by Gasteiger charge is -2.40. The van der Waals surface area contributed by atoms with Crippen LogP contribution in [0.15, 0.2) is 18.2 Å². The van der Waals surface area contributed by atoms with Crippen molar-refractivity contribution in [3.63, 3.8) is 0 Å². The van der Waals surface area contributed by atoms with E-state index in [0.717, 1.165) is 6.54 Å². The number of aryl methyl sites for hydroxylation is 2. The molecule has 3 rings (SSSR count). The van der Waals surface area contributed by atoms with E-state index < -0.39 is 0 Å². The number of amides is 1. The van der Waals surface area contributed by atoms with Crippen LogP contribution in [0.1, 0.15) is 29.7 Å². The van der Waals surface area contributed by atoms with Crippen LogP contribution in [-0.2, 0) is 14.3 Å². The van der Waals surface area contributed by atoms with E-state index in [1.54, 1.807) is 0 Å². The summed E-state index contributed by atoms with van der Waals surface area (Å²) in [4.78, 5) is 14.7. The van der Waals surface area contributed by atoms with Gasteiger partial charge in [-0.25, -0.2) is 0 Å². The van der Waals surface area contributed by atoms with Gasteiger partial charge in [0.25, 0.3) is 5.91 Å². The smallest absolute Gasteiger partial charge is 0.253 e. The number of nitrogens with zero attached hydrogens (tertiary/aromatic N) is 1. The molecule has 0 bridgehead atoms. The number of hydrogen-bond acceptors (Lipinski definition) is 4. The Bertz CT molecular complexity index is 569. The maximum absolute atomic E-state index is 12.8. The van der Waals surface area contributed by atoms with Gasteiger partial charge in [0.05, 0.1) is 25.8 Å². The number of benzene rings is 1. The molecule has 0 radical (unpaired) electrons. The van der Waals surface area contributed by atoms with E-state index in [-0.39, 0.29) is 24.2 Å². The van der Waals surface area contributed by atoms with E-state index in [9.17, 15) is 4.79 Å². The Morgan fingerprint density at radius 2 is 2.13 bits per heavy atom. The lowest BCUT2D eigenvalue weighted by atomic mass is 9.98. The van der Waals surface area contributed by atoms with Crippen molar-refractivity contribution in [2.24, 2.45) is 0 Å². The number of carbonyl (C=O) groups is 1. The minimum absolute atomic E-state index is 0.0633. The summed E-state index contributed by atoms with van der Waals surface area (Å²) in [5, 5.41) is 3.23. The zero-order valence-electron chi connectivity index (χ0n) is 14.2. The molecule has 2 heterocycles. The van der Waals surface area contributed by atoms with Gasteiger partial charge in [0, 0.05) is 13.1 Å². The molecule has 126 valence electrons. The molecule has 0 spiro atoms. The Morgan fingerprint density at radius 1 is 1.30 bits per heavy atom. The third-order valence-corrected chi connectivity index (χ3v) is 4.70. The molecule has 5 nitrogen and oxygen atoms in total. The highest BCUT2D eigenvalue weighted by atomic mass is 16.5. The van der Waals surface area contributed by atoms with Crippen molar-refractivity contribution in [1.29, 1.82) is 0 Å². The minimum atomic E-state index is -0.372. The first-order chi connectivity index (χ1) is 11.1. The standard InChI is InChI=1S/C18H26N2O3/c1-12-4-5-13(2)15(8-12)17-10-20(14(3)11-23-17)18(21)16-9-19-6-7-22-16/h4-5,8,14,16-17,19H,6-7,9-11H2,1-3H3/t14-,16+,17+/m1/s1. The van der Waals surface area contributed by atoms with Crippen LogP contribution in [0.5, 0.6) is 0 Å². The highest BCUT2D eigenvalue weighted by Crippen LogP contribution is 2.28. The molecule has 2 saturated heterocycles. The van der Waals surface area contributed by atoms with E-state index in [1.165, 1.54) is 16.7 Å². The van der Waals surface area contributed by atoms with Gasteiger partial charge >= 0.3 is 0 Å². The molecular formula is C18H26N2O3. The Hall–Kier alpha value is -1.43. The number of hydrogen-bond donors (Lipinski definition) is 1. The van der Waals surface area contributed by atoms with E-state index >= 15 is 0 Å². The number of carbonyl (C=O) groups excluding carboxylic acids is 1. The lowest BCUT2D eigenvalue weighted by molar-refractivity contribution is -0.158. The molecule has 0 aliphatic carbocycles. The molecule has 1 aromatic rings. The first kappa shape index (κ1) is 16.4. The Morgan fingerprint density at radius 3 is 2.87 bits per heavy atom. The van der Waals surface area contributed by atoms with Gasteiger partial charge in [0.2, 0.25) is 0 Å². The molecule has 1 aromatic carbocycles. The first-order valence-corrected chi connectivity index (χ1v) is 8.38. The summed E-state index contributed by atoms with van der Waals surface area (Å²) in [6, 6.07) is 6.47. The molecule has 1 amide bonds. The molecule has 1 N–H and O–H groups in total. The number of morpholine rings is 2. The van der Waals surface area contributed by atoms with Gasteiger partial charge in [0.1, 0.15) is 12.2 Å². The van der Waals surface area contributed by atoms with Crippen LogP contribution in [0.4, 0.5) is 0 Å². The van der Waals surface area contributed by atoms with Crippen LogP contribution < -0.4 is 5.32 Å². The Kier molecular flexibility index (Phi) is 4.99. The molecule has 0 unspecified atom stereocenters. The van der Waals surface area contributed by atoms with Crippen LogP contribution in [0.3, 0.4) is 0 Å². The molecule has 2 aliphatic rings. The van der Waals surface area contributed by atoms with E-state index in [0.29, 0.717) is 26.3 Å². The predicted octanol–water partition coefficient (Wildman–Crippen LogP) is 1.58. The van der Waals surface area contributed by atoms with E-state index in [2.05, 4.69) is 37.4 Å². The Labute approximate surface area is 137 Å². The van der Waals surface area contributed by atoms with Crippen molar-refractivity contribution in [3.05, 3.63) is 34.9 Å². The van der Waals surface area contributed by atoms with Gasteiger partial charge in [-0.2, -0.15) is 0 Å². The van der Waals surface area contributed by atoms with Gasteiger partial charge in [-0.1, -0.05) is 23.8 Å². The average Bonchev–Trinajstić information content (AvgIpc) is 2.58. The molecule has 2 fully saturated rings. The summed E-state index contributed by atoms with van der Waals surface area (Å²) < 4.78 is 11.7. The fourth-order valence-electron chi connectivity index (χ4n) is 3.27. The lowest BCUT2D eigenvalue weighted by Crippen LogP contribution is -2.55. The van der Waals surface area contributed by atoms with Gasteiger partial charge in [-0.3, -0.25) is 4.79 Å². The quantitative estimate of drug-likeness (QED) is 0.899. The van der Waals surface area contributed by atoms with E-state index in [4.69, 9.17) is 9.47 Å². The maximum Gasteiger partial charge on any atom is 0.253 e. The van der Waals surface area contributed by atoms with Crippen molar-refractivity contribution >= 4 is 5.91 Å². The zero-order chi connectivity index (χ0) is 16.4. The van der Waals surface area contributed by atoms with Crippen LogP contribution in [-0.4, -0.2) is 55.8 Å². The third kappa shape index (κ3) is 3.57. The fourth-order valence-corrected chi connectivity index (χ4v) is 3.27. The minimum Gasteiger partial charge on any atom is -0.370 e. The molecule has 3 atom stereocenters. The molecular weight excluding hydrogens is 292 g/mol. The van der Waals surface area contributed by atoms with Crippen molar-refractivity contribution < 1.29 is 14.3 Å². The normalized spacial score (nSPS) is 28.7. The van der Waals surface area contributed by atoms with Gasteiger partial charge in [-0.15, -0.1) is 0 Å².